The summed E-state index contributed by atoms with van der Waals surface area (Å²) in [6.45, 7) is 11.3. The van der Waals surface area contributed by atoms with E-state index in [1.165, 1.54) is 0 Å². The van der Waals surface area contributed by atoms with Crippen LogP contribution >= 0.6 is 0 Å². The van der Waals surface area contributed by atoms with E-state index >= 15 is 0 Å². The third-order valence-corrected chi connectivity index (χ3v) is 8.38. The van der Waals surface area contributed by atoms with Crippen molar-refractivity contribution < 1.29 is 38.8 Å². The van der Waals surface area contributed by atoms with Crippen molar-refractivity contribution in [2.24, 2.45) is 23.7 Å². The van der Waals surface area contributed by atoms with Crippen molar-refractivity contribution in [1.29, 1.82) is 0 Å². The molecule has 0 saturated carbocycles. The van der Waals surface area contributed by atoms with Gasteiger partial charge in [-0.25, -0.2) is 0 Å². The quantitative estimate of drug-likeness (QED) is 0.368. The Balaban J connectivity index is 2.48. The van der Waals surface area contributed by atoms with Crippen molar-refractivity contribution in [3.05, 3.63) is 23.8 Å². The van der Waals surface area contributed by atoms with Crippen LogP contribution in [-0.4, -0.2) is 90.1 Å². The van der Waals surface area contributed by atoms with E-state index in [1.54, 1.807) is 19.1 Å². The predicted molar refractivity (Wildman–Crippen MR) is 152 cm³/mol. The first-order chi connectivity index (χ1) is 18.8. The van der Waals surface area contributed by atoms with Gasteiger partial charge in [-0.15, -0.1) is 0 Å². The number of aliphatic hydroxyl groups excluding tert-OH is 2. The molecule has 9 nitrogen and oxygen atoms in total. The fourth-order valence-electron chi connectivity index (χ4n) is 5.84. The molecule has 0 amide bonds. The van der Waals surface area contributed by atoms with Crippen LogP contribution in [0.4, 0.5) is 0 Å². The molecule has 0 aliphatic carbocycles. The van der Waals surface area contributed by atoms with E-state index in [1.807, 2.05) is 59.7 Å². The van der Waals surface area contributed by atoms with Gasteiger partial charge >= 0.3 is 5.97 Å². The highest BCUT2D eigenvalue weighted by Crippen LogP contribution is 2.34. The molecule has 0 aromatic carbocycles. The van der Waals surface area contributed by atoms with Crippen LogP contribution < -0.4 is 0 Å². The highest BCUT2D eigenvalue weighted by molar-refractivity contribution is 5.91. The second kappa shape index (κ2) is 15.9. The van der Waals surface area contributed by atoms with Gasteiger partial charge in [-0.3, -0.25) is 9.59 Å². The molecule has 0 bridgehead atoms. The standard InChI is InChI=1S/C31H51NO8/c1-9-27-20(4)14-18(2)10-11-25(34)19(3)15-23(12-13-33)30(22(6)26(35)17-28(36)39-27)40-31-29(37)24(32(7)8)16-21(5)38-31/h10-11,13-14,19-24,26-27,29-31,35,37H,9,12,15-17H2,1-8H3/t19-,20+,21?,22+,23+,24?,26-,27?,29?,30-,31+/m1/s1. The number of ether oxygens (including phenoxy) is 3. The number of esters is 1. The lowest BCUT2D eigenvalue weighted by Gasteiger charge is -2.44. The third kappa shape index (κ3) is 9.58. The molecule has 1 fully saturated rings. The van der Waals surface area contributed by atoms with Crippen molar-refractivity contribution in [3.8, 4) is 0 Å². The van der Waals surface area contributed by atoms with Crippen LogP contribution in [0, 0.1) is 23.7 Å². The van der Waals surface area contributed by atoms with Crippen molar-refractivity contribution in [2.75, 3.05) is 14.1 Å². The van der Waals surface area contributed by atoms with Crippen LogP contribution in [0.5, 0.6) is 0 Å². The van der Waals surface area contributed by atoms with E-state index < -0.39 is 48.3 Å². The van der Waals surface area contributed by atoms with Crippen molar-refractivity contribution in [1.82, 2.24) is 4.90 Å². The summed E-state index contributed by atoms with van der Waals surface area (Å²) >= 11 is 0. The third-order valence-electron chi connectivity index (χ3n) is 8.38. The molecule has 0 spiro atoms. The first-order valence-electron chi connectivity index (χ1n) is 14.7. The molecule has 228 valence electrons. The monoisotopic (exact) mass is 565 g/mol. The summed E-state index contributed by atoms with van der Waals surface area (Å²) in [6, 6.07) is -0.213. The number of hydrogen-bond acceptors (Lipinski definition) is 9. The minimum absolute atomic E-state index is 0.0796. The summed E-state index contributed by atoms with van der Waals surface area (Å²) in [5, 5.41) is 22.3. The molecule has 40 heavy (non-hydrogen) atoms. The van der Waals surface area contributed by atoms with Crippen LogP contribution in [0.3, 0.4) is 0 Å². The molecular weight excluding hydrogens is 514 g/mol. The number of carbonyl (C=O) groups is 3. The van der Waals surface area contributed by atoms with Crippen molar-refractivity contribution in [3.63, 3.8) is 0 Å². The number of nitrogens with zero attached hydrogens (tertiary/aromatic N) is 1. The molecule has 2 N–H and O–H groups in total. The van der Waals surface area contributed by atoms with Crippen LogP contribution in [0.1, 0.15) is 73.6 Å². The molecule has 0 aromatic heterocycles. The lowest BCUT2D eigenvalue weighted by atomic mass is 9.79. The minimum Gasteiger partial charge on any atom is -0.462 e. The lowest BCUT2D eigenvalue weighted by Crippen LogP contribution is -2.56. The Hall–Kier alpha value is -1.91. The van der Waals surface area contributed by atoms with E-state index in [0.717, 1.165) is 11.9 Å². The number of aldehydes is 1. The Morgan fingerprint density at radius 2 is 1.77 bits per heavy atom. The van der Waals surface area contributed by atoms with Crippen molar-refractivity contribution in [2.45, 2.75) is 116 Å². The summed E-state index contributed by atoms with van der Waals surface area (Å²) in [6.07, 6.45) is 2.94. The molecule has 2 aliphatic rings. The zero-order valence-electron chi connectivity index (χ0n) is 25.5. The number of allylic oxidation sites excluding steroid dienone is 3. The van der Waals surface area contributed by atoms with Gasteiger partial charge in [0, 0.05) is 30.2 Å². The minimum atomic E-state index is -1.14. The van der Waals surface area contributed by atoms with Crippen molar-refractivity contribution >= 4 is 18.0 Å². The highest BCUT2D eigenvalue weighted by atomic mass is 16.7. The van der Waals surface area contributed by atoms with Gasteiger partial charge in [0.2, 0.25) is 0 Å². The average molecular weight is 566 g/mol. The number of hydrogen-bond donors (Lipinski definition) is 2. The van der Waals surface area contributed by atoms with Gasteiger partial charge in [0.15, 0.2) is 12.1 Å². The fourth-order valence-corrected chi connectivity index (χ4v) is 5.84. The maximum absolute atomic E-state index is 13.1. The Morgan fingerprint density at radius 3 is 2.38 bits per heavy atom. The Labute approximate surface area is 239 Å². The predicted octanol–water partition coefficient (Wildman–Crippen LogP) is 3.46. The fraction of sp³-hybridized carbons (Fsp3) is 0.774. The first kappa shape index (κ1) is 34.3. The zero-order chi connectivity index (χ0) is 30.1. The second-order valence-electron chi connectivity index (χ2n) is 12.0. The topological polar surface area (TPSA) is 123 Å². The largest absolute Gasteiger partial charge is 0.462 e. The Bertz CT molecular complexity index is 902. The summed E-state index contributed by atoms with van der Waals surface area (Å²) in [4.78, 5) is 39.7. The molecule has 0 aromatic rings. The number of carbonyl (C=O) groups excluding carboxylic acids is 3. The summed E-state index contributed by atoms with van der Waals surface area (Å²) < 4.78 is 18.2. The number of rotatable bonds is 6. The van der Waals surface area contributed by atoms with Gasteiger partial charge in [0.05, 0.1) is 24.7 Å². The molecule has 0 radical (unpaired) electrons. The van der Waals surface area contributed by atoms with Gasteiger partial charge < -0.3 is 34.1 Å². The molecule has 11 atom stereocenters. The molecule has 2 rings (SSSR count). The van der Waals surface area contributed by atoms with Crippen LogP contribution in [0.25, 0.3) is 0 Å². The van der Waals surface area contributed by atoms with Gasteiger partial charge in [-0.05, 0) is 59.2 Å². The smallest absolute Gasteiger partial charge is 0.308 e. The SMILES string of the molecule is CCC1OC(=O)C[C@@H](O)[C@H](C)[C@@H](O[C@@H]2OC(C)CC(N(C)C)C2O)[C@@H](CC=O)C[C@@H](C)C(=O)C=CC(C)=C[C@@H]1C. The summed E-state index contributed by atoms with van der Waals surface area (Å²) in [5.74, 6) is -2.20. The highest BCUT2D eigenvalue weighted by Gasteiger charge is 2.43. The number of ketones is 1. The lowest BCUT2D eigenvalue weighted by molar-refractivity contribution is -0.283. The van der Waals surface area contributed by atoms with E-state index in [0.29, 0.717) is 19.3 Å². The average Bonchev–Trinajstić information content (AvgIpc) is 2.88. The van der Waals surface area contributed by atoms with Gasteiger partial charge in [0.1, 0.15) is 18.5 Å². The molecule has 4 unspecified atom stereocenters. The van der Waals surface area contributed by atoms with E-state index in [2.05, 4.69) is 0 Å². The first-order valence-corrected chi connectivity index (χ1v) is 14.7. The molecular formula is C31H51NO8. The molecule has 1 saturated heterocycles. The molecule has 9 heteroatoms. The van der Waals surface area contributed by atoms with Gasteiger partial charge in [0.25, 0.3) is 0 Å². The van der Waals surface area contributed by atoms with Gasteiger partial charge in [-0.1, -0.05) is 45.4 Å². The number of likely N-dealkylation sites (N-methyl/N-ethyl adjacent to an activating group) is 1. The number of aliphatic hydroxyl groups is 2. The van der Waals surface area contributed by atoms with Crippen LogP contribution in [0.15, 0.2) is 23.8 Å². The second-order valence-corrected chi connectivity index (χ2v) is 12.0. The molecule has 2 aliphatic heterocycles. The van der Waals surface area contributed by atoms with Crippen LogP contribution in [0.2, 0.25) is 0 Å². The van der Waals surface area contributed by atoms with E-state index in [4.69, 9.17) is 14.2 Å². The Morgan fingerprint density at radius 1 is 1.10 bits per heavy atom. The zero-order valence-corrected chi connectivity index (χ0v) is 25.5. The maximum atomic E-state index is 13.1. The summed E-state index contributed by atoms with van der Waals surface area (Å²) in [7, 11) is 3.76. The van der Waals surface area contributed by atoms with Crippen LogP contribution in [-0.2, 0) is 28.6 Å². The summed E-state index contributed by atoms with van der Waals surface area (Å²) in [5.41, 5.74) is 0.877. The Kier molecular flexibility index (Phi) is 13.6. The number of cyclic esters (lactones) is 1. The van der Waals surface area contributed by atoms with E-state index in [-0.39, 0.29) is 42.8 Å². The van der Waals surface area contributed by atoms with E-state index in [9.17, 15) is 24.6 Å². The maximum Gasteiger partial charge on any atom is 0.308 e. The molecule has 2 heterocycles. The van der Waals surface area contributed by atoms with Gasteiger partial charge in [-0.2, -0.15) is 0 Å². The normalized spacial score (nSPS) is 39.1.